The minimum absolute atomic E-state index is 0.0576. The molecule has 0 radical (unpaired) electrons. The smallest absolute Gasteiger partial charge is 0.385 e. The topological polar surface area (TPSA) is 63.4 Å². The van der Waals surface area contributed by atoms with E-state index in [9.17, 15) is 81.1 Å². The predicted molar refractivity (Wildman–Crippen MR) is 83.0 cm³/mol. The van der Waals surface area contributed by atoms with Crippen molar-refractivity contribution in [3.8, 4) is 0 Å². The lowest BCUT2D eigenvalue weighted by atomic mass is 9.83. The summed E-state index contributed by atoms with van der Waals surface area (Å²) in [7, 11) is 0. The van der Waals surface area contributed by atoms with E-state index in [-0.39, 0.29) is 6.92 Å². The van der Waals surface area contributed by atoms with Gasteiger partial charge in [0.05, 0.1) is 22.5 Å². The molecule has 1 unspecified atom stereocenters. The third kappa shape index (κ3) is 4.46. The van der Waals surface area contributed by atoms with Gasteiger partial charge in [-0.05, 0) is 13.0 Å². The summed E-state index contributed by atoms with van der Waals surface area (Å²) in [6.07, 6.45) is -10.9. The Morgan fingerprint density at radius 2 is 1.09 bits per heavy atom. The fraction of sp³-hybridized carbons (Fsp3) is 0.625. The van der Waals surface area contributed by atoms with Crippen LogP contribution < -0.4 is 0 Å². The van der Waals surface area contributed by atoms with Crippen LogP contribution in [0.4, 0.5) is 71.5 Å². The van der Waals surface area contributed by atoms with E-state index < -0.39 is 69.9 Å². The van der Waals surface area contributed by atoms with Crippen molar-refractivity contribution >= 4 is 5.69 Å². The number of alkyl halides is 15. The van der Waals surface area contributed by atoms with Gasteiger partial charge in [-0.2, -0.15) is 65.9 Å². The van der Waals surface area contributed by atoms with Crippen molar-refractivity contribution in [2.24, 2.45) is 0 Å². The molecule has 0 saturated heterocycles. The molecule has 4 nitrogen and oxygen atoms in total. The molecular weight excluding hydrogens is 539 g/mol. The van der Waals surface area contributed by atoms with Crippen LogP contribution in [0.5, 0.6) is 0 Å². The van der Waals surface area contributed by atoms with Crippen LogP contribution in [-0.2, 0) is 5.60 Å². The van der Waals surface area contributed by atoms with Crippen molar-refractivity contribution in [2.75, 3.05) is 0 Å². The maximum absolute atomic E-state index is 14.1. The van der Waals surface area contributed by atoms with E-state index in [1.165, 1.54) is 0 Å². The third-order valence-electron chi connectivity index (χ3n) is 4.64. The summed E-state index contributed by atoms with van der Waals surface area (Å²) in [5.74, 6) is -47.9. The SMILES string of the molecule is CC(O)(CC(F)(F)C(F)(F)C(F)(F)C(F)(F)C(F)(F)C(F)(F)C(F)(F)F)c1ccccc1[N+](=O)[O-]. The number of benzene rings is 1. The Labute approximate surface area is 183 Å². The second-order valence-electron chi connectivity index (χ2n) is 7.30. The second-order valence-corrected chi connectivity index (χ2v) is 7.30. The van der Waals surface area contributed by atoms with E-state index >= 15 is 0 Å². The van der Waals surface area contributed by atoms with E-state index in [4.69, 9.17) is 0 Å². The zero-order chi connectivity index (χ0) is 28.3. The lowest BCUT2D eigenvalue weighted by molar-refractivity contribution is -0.453. The number of aliphatic hydroxyl groups is 1. The maximum Gasteiger partial charge on any atom is 0.460 e. The highest BCUT2D eigenvalue weighted by Gasteiger charge is 2.93. The summed E-state index contributed by atoms with van der Waals surface area (Å²) in [5, 5.41) is 20.9. The first kappa shape index (κ1) is 30.6. The number of halogens is 15. The standard InChI is InChI=1S/C16H10F15NO3/c1-9(33,7-4-2-3-5-8(7)32(34)35)6-10(17,18)11(19,20)12(21,22)13(23,24)14(25,26)15(27,28)16(29,30)31/h2-5,33H,6H2,1H3. The average Bonchev–Trinajstić information content (AvgIpc) is 2.65. The Kier molecular flexibility index (Phi) is 7.24. The van der Waals surface area contributed by atoms with Gasteiger partial charge in [0.25, 0.3) is 5.69 Å². The number of hydrogen-bond acceptors (Lipinski definition) is 3. The Bertz CT molecular complexity index is 956. The molecule has 1 aromatic carbocycles. The lowest BCUT2D eigenvalue weighted by Gasteiger charge is -2.42. The van der Waals surface area contributed by atoms with Gasteiger partial charge in [-0.15, -0.1) is 0 Å². The zero-order valence-electron chi connectivity index (χ0n) is 16.4. The Balaban J connectivity index is 3.61. The van der Waals surface area contributed by atoms with Crippen molar-refractivity contribution in [2.45, 2.75) is 60.7 Å². The largest absolute Gasteiger partial charge is 0.460 e. The van der Waals surface area contributed by atoms with Crippen molar-refractivity contribution in [1.82, 2.24) is 0 Å². The molecule has 1 aromatic rings. The Hall–Kier alpha value is -2.47. The molecule has 19 heteroatoms. The quantitative estimate of drug-likeness (QED) is 0.216. The van der Waals surface area contributed by atoms with Crippen molar-refractivity contribution < 1.29 is 75.9 Å². The minimum atomic E-state index is -8.46. The fourth-order valence-corrected chi connectivity index (χ4v) is 2.73. The zero-order valence-corrected chi connectivity index (χ0v) is 16.4. The van der Waals surface area contributed by atoms with Gasteiger partial charge < -0.3 is 5.11 Å². The van der Waals surface area contributed by atoms with Crippen LogP contribution in [0.15, 0.2) is 24.3 Å². The van der Waals surface area contributed by atoms with E-state index in [1.807, 2.05) is 0 Å². The highest BCUT2D eigenvalue weighted by atomic mass is 19.4. The van der Waals surface area contributed by atoms with Gasteiger partial charge in [0.15, 0.2) is 0 Å². The number of nitro benzene ring substituents is 1. The molecule has 202 valence electrons. The highest BCUT2D eigenvalue weighted by Crippen LogP contribution is 2.63. The average molecular weight is 549 g/mol. The van der Waals surface area contributed by atoms with Gasteiger partial charge in [-0.25, -0.2) is 0 Å². The molecular formula is C16H10F15NO3. The molecule has 1 rings (SSSR count). The predicted octanol–water partition coefficient (Wildman–Crippen LogP) is 6.57. The van der Waals surface area contributed by atoms with Crippen LogP contribution in [0.1, 0.15) is 18.9 Å². The van der Waals surface area contributed by atoms with Gasteiger partial charge >= 0.3 is 41.7 Å². The molecule has 0 heterocycles. The first-order valence-electron chi connectivity index (χ1n) is 8.43. The molecule has 0 bridgehead atoms. The van der Waals surface area contributed by atoms with Crippen LogP contribution in [0.25, 0.3) is 0 Å². The molecule has 35 heavy (non-hydrogen) atoms. The molecule has 0 aliphatic heterocycles. The monoisotopic (exact) mass is 549 g/mol. The molecule has 1 atom stereocenters. The van der Waals surface area contributed by atoms with E-state index in [0.717, 1.165) is 12.1 Å². The van der Waals surface area contributed by atoms with Crippen LogP contribution in [0.3, 0.4) is 0 Å². The molecule has 0 fully saturated rings. The van der Waals surface area contributed by atoms with Crippen molar-refractivity contribution in [3.63, 3.8) is 0 Å². The molecule has 0 aliphatic rings. The number of rotatable bonds is 9. The lowest BCUT2D eigenvalue weighted by Crippen LogP contribution is -2.72. The van der Waals surface area contributed by atoms with Crippen molar-refractivity contribution in [3.05, 3.63) is 39.9 Å². The first-order valence-corrected chi connectivity index (χ1v) is 8.43. The summed E-state index contributed by atoms with van der Waals surface area (Å²) < 4.78 is 199. The molecule has 0 spiro atoms. The summed E-state index contributed by atoms with van der Waals surface area (Å²) in [5.41, 5.74) is -6.24. The first-order chi connectivity index (χ1) is 15.1. The van der Waals surface area contributed by atoms with Gasteiger partial charge in [0.1, 0.15) is 0 Å². The van der Waals surface area contributed by atoms with Gasteiger partial charge in [-0.1, -0.05) is 12.1 Å². The van der Waals surface area contributed by atoms with E-state index in [1.54, 1.807) is 0 Å². The van der Waals surface area contributed by atoms with Gasteiger partial charge in [0, 0.05) is 6.07 Å². The van der Waals surface area contributed by atoms with E-state index in [0.29, 0.717) is 12.1 Å². The van der Waals surface area contributed by atoms with Crippen LogP contribution >= 0.6 is 0 Å². The minimum Gasteiger partial charge on any atom is -0.385 e. The van der Waals surface area contributed by atoms with Gasteiger partial charge in [0.2, 0.25) is 0 Å². The summed E-state index contributed by atoms with van der Waals surface area (Å²) in [4.78, 5) is 9.51. The van der Waals surface area contributed by atoms with Crippen LogP contribution in [0.2, 0.25) is 0 Å². The molecule has 0 aromatic heterocycles. The van der Waals surface area contributed by atoms with Crippen LogP contribution in [0, 0.1) is 10.1 Å². The summed E-state index contributed by atoms with van der Waals surface area (Å²) in [6, 6.07) is 2.54. The van der Waals surface area contributed by atoms with Crippen LogP contribution in [-0.4, -0.2) is 51.7 Å². The maximum atomic E-state index is 14.1. The normalized spacial score (nSPS) is 16.7. The number of nitro groups is 1. The molecule has 1 N–H and O–H groups in total. The highest BCUT2D eigenvalue weighted by molar-refractivity contribution is 5.43. The molecule has 0 aliphatic carbocycles. The van der Waals surface area contributed by atoms with Crippen molar-refractivity contribution in [1.29, 1.82) is 0 Å². The summed E-state index contributed by atoms with van der Waals surface area (Å²) >= 11 is 0. The Morgan fingerprint density at radius 3 is 1.49 bits per heavy atom. The molecule has 0 amide bonds. The number of hydrogen-bond donors (Lipinski definition) is 1. The number of nitrogens with zero attached hydrogens (tertiary/aromatic N) is 1. The fourth-order valence-electron chi connectivity index (χ4n) is 2.73. The second kappa shape index (κ2) is 8.29. The molecule has 0 saturated carbocycles. The third-order valence-corrected chi connectivity index (χ3v) is 4.64. The van der Waals surface area contributed by atoms with E-state index in [2.05, 4.69) is 0 Å². The number of para-hydroxylation sites is 1. The van der Waals surface area contributed by atoms with Gasteiger partial charge in [-0.3, -0.25) is 10.1 Å². The summed E-state index contributed by atoms with van der Waals surface area (Å²) in [6.45, 7) is 0.0576. The Morgan fingerprint density at radius 1 is 0.714 bits per heavy atom.